The third-order valence-electron chi connectivity index (χ3n) is 3.40. The third kappa shape index (κ3) is 1.94. The topological polar surface area (TPSA) is 43.4 Å². The smallest absolute Gasteiger partial charge is 0.347 e. The fourth-order valence-corrected chi connectivity index (χ4v) is 2.58. The molecule has 0 aliphatic carbocycles. The van der Waals surface area contributed by atoms with Crippen LogP contribution in [-0.2, 0) is 0 Å². The Kier molecular flexibility index (Phi) is 2.62. The second kappa shape index (κ2) is 4.50. The van der Waals surface area contributed by atoms with Gasteiger partial charge >= 0.3 is 5.63 Å². The molecule has 2 aromatic heterocycles. The van der Waals surface area contributed by atoms with Crippen LogP contribution in [0.2, 0.25) is 5.02 Å². The SMILES string of the molecule is O=c1oc2ccc(Cl)cc2c2oc(-c3ccccc3)cc12. The first-order valence-corrected chi connectivity index (χ1v) is 6.81. The Balaban J connectivity index is 2.11. The van der Waals surface area contributed by atoms with Crippen molar-refractivity contribution in [3.8, 4) is 11.3 Å². The molecule has 4 aromatic rings. The molecule has 0 aliphatic rings. The Morgan fingerprint density at radius 2 is 1.67 bits per heavy atom. The fraction of sp³-hybridized carbons (Fsp3) is 0. The summed E-state index contributed by atoms with van der Waals surface area (Å²) >= 11 is 6.02. The molecular formula is C17H9ClO3. The normalized spacial score (nSPS) is 11.3. The summed E-state index contributed by atoms with van der Waals surface area (Å²) in [6.07, 6.45) is 0. The summed E-state index contributed by atoms with van der Waals surface area (Å²) in [7, 11) is 0. The van der Waals surface area contributed by atoms with Gasteiger partial charge in [0.05, 0.1) is 5.39 Å². The van der Waals surface area contributed by atoms with Crippen LogP contribution in [0.1, 0.15) is 0 Å². The number of halogens is 1. The number of rotatable bonds is 1. The van der Waals surface area contributed by atoms with Crippen LogP contribution in [0.25, 0.3) is 33.3 Å². The van der Waals surface area contributed by atoms with E-state index in [2.05, 4.69) is 0 Å². The molecule has 2 heterocycles. The maximum Gasteiger partial charge on any atom is 0.347 e. The first-order chi connectivity index (χ1) is 10.2. The van der Waals surface area contributed by atoms with E-state index in [0.29, 0.717) is 32.7 Å². The zero-order valence-corrected chi connectivity index (χ0v) is 11.6. The maximum absolute atomic E-state index is 12.1. The van der Waals surface area contributed by atoms with Gasteiger partial charge in [-0.1, -0.05) is 41.9 Å². The Labute approximate surface area is 124 Å². The van der Waals surface area contributed by atoms with Crippen LogP contribution in [0, 0.1) is 0 Å². The zero-order valence-electron chi connectivity index (χ0n) is 10.8. The minimum absolute atomic E-state index is 0.411. The van der Waals surface area contributed by atoms with Gasteiger partial charge in [-0.2, -0.15) is 0 Å². The number of fused-ring (bicyclic) bond motifs is 3. The van der Waals surface area contributed by atoms with Gasteiger partial charge < -0.3 is 8.83 Å². The number of hydrogen-bond donors (Lipinski definition) is 0. The molecule has 102 valence electrons. The van der Waals surface area contributed by atoms with Crippen molar-refractivity contribution in [1.82, 2.24) is 0 Å². The summed E-state index contributed by atoms with van der Waals surface area (Å²) in [6.45, 7) is 0. The van der Waals surface area contributed by atoms with E-state index in [0.717, 1.165) is 5.56 Å². The molecule has 0 amide bonds. The van der Waals surface area contributed by atoms with Crippen molar-refractivity contribution in [2.75, 3.05) is 0 Å². The number of hydrogen-bond acceptors (Lipinski definition) is 3. The van der Waals surface area contributed by atoms with Gasteiger partial charge in [-0.15, -0.1) is 0 Å². The van der Waals surface area contributed by atoms with Gasteiger partial charge in [-0.25, -0.2) is 4.79 Å². The lowest BCUT2D eigenvalue weighted by Gasteiger charge is -1.98. The summed E-state index contributed by atoms with van der Waals surface area (Å²) < 4.78 is 11.2. The lowest BCUT2D eigenvalue weighted by Crippen LogP contribution is -1.97. The molecular weight excluding hydrogens is 288 g/mol. The van der Waals surface area contributed by atoms with E-state index in [9.17, 15) is 4.79 Å². The fourth-order valence-electron chi connectivity index (χ4n) is 2.41. The van der Waals surface area contributed by atoms with Crippen LogP contribution in [0.4, 0.5) is 0 Å². The standard InChI is InChI=1S/C17H9ClO3/c18-11-6-7-14-12(8-11)16-13(17(19)21-14)9-15(20-16)10-4-2-1-3-5-10/h1-9H. The zero-order chi connectivity index (χ0) is 14.4. The highest BCUT2D eigenvalue weighted by atomic mass is 35.5. The molecule has 0 atom stereocenters. The number of benzene rings is 2. The molecule has 0 saturated carbocycles. The molecule has 0 N–H and O–H groups in total. The Bertz CT molecular complexity index is 1010. The Morgan fingerprint density at radius 3 is 2.48 bits per heavy atom. The van der Waals surface area contributed by atoms with Gasteiger partial charge in [-0.05, 0) is 24.3 Å². The highest BCUT2D eigenvalue weighted by molar-refractivity contribution is 6.31. The summed E-state index contributed by atoms with van der Waals surface area (Å²) in [5.41, 5.74) is 1.46. The number of furan rings is 1. The minimum Gasteiger partial charge on any atom is -0.455 e. The van der Waals surface area contributed by atoms with Gasteiger partial charge in [-0.3, -0.25) is 0 Å². The predicted molar refractivity (Wildman–Crippen MR) is 82.7 cm³/mol. The van der Waals surface area contributed by atoms with Crippen molar-refractivity contribution >= 4 is 33.5 Å². The summed E-state index contributed by atoms with van der Waals surface area (Å²) in [4.78, 5) is 12.1. The van der Waals surface area contributed by atoms with Gasteiger partial charge in [0.2, 0.25) is 0 Å². The molecule has 0 aliphatic heterocycles. The molecule has 2 aromatic carbocycles. The van der Waals surface area contributed by atoms with Crippen molar-refractivity contribution in [2.24, 2.45) is 0 Å². The van der Waals surface area contributed by atoms with E-state index in [4.69, 9.17) is 20.4 Å². The first-order valence-electron chi connectivity index (χ1n) is 6.44. The van der Waals surface area contributed by atoms with Crippen molar-refractivity contribution in [3.05, 3.63) is 70.0 Å². The van der Waals surface area contributed by atoms with E-state index in [-0.39, 0.29) is 0 Å². The molecule has 21 heavy (non-hydrogen) atoms. The van der Waals surface area contributed by atoms with Gasteiger partial charge in [0, 0.05) is 10.6 Å². The van der Waals surface area contributed by atoms with E-state index in [1.165, 1.54) is 0 Å². The minimum atomic E-state index is -0.411. The van der Waals surface area contributed by atoms with Crippen LogP contribution >= 0.6 is 11.6 Å². The summed E-state index contributed by atoms with van der Waals surface area (Å²) in [5, 5.41) is 1.68. The van der Waals surface area contributed by atoms with E-state index in [1.54, 1.807) is 24.3 Å². The third-order valence-corrected chi connectivity index (χ3v) is 3.63. The molecule has 4 rings (SSSR count). The lowest BCUT2D eigenvalue weighted by atomic mass is 10.1. The summed E-state index contributed by atoms with van der Waals surface area (Å²) in [6, 6.07) is 16.4. The quantitative estimate of drug-likeness (QED) is 0.471. The lowest BCUT2D eigenvalue weighted by molar-refractivity contribution is 0.565. The van der Waals surface area contributed by atoms with Crippen molar-refractivity contribution < 1.29 is 8.83 Å². The highest BCUT2D eigenvalue weighted by Crippen LogP contribution is 2.31. The van der Waals surface area contributed by atoms with Crippen LogP contribution in [-0.4, -0.2) is 0 Å². The predicted octanol–water partition coefficient (Wildman–Crippen LogP) is 4.86. The highest BCUT2D eigenvalue weighted by Gasteiger charge is 2.14. The molecule has 3 nitrogen and oxygen atoms in total. The largest absolute Gasteiger partial charge is 0.455 e. The van der Waals surface area contributed by atoms with Crippen LogP contribution in [0.5, 0.6) is 0 Å². The van der Waals surface area contributed by atoms with Gasteiger partial charge in [0.25, 0.3) is 0 Å². The molecule has 0 spiro atoms. The van der Waals surface area contributed by atoms with Crippen LogP contribution in [0.3, 0.4) is 0 Å². The molecule has 4 heteroatoms. The van der Waals surface area contributed by atoms with Crippen LogP contribution < -0.4 is 5.63 Å². The van der Waals surface area contributed by atoms with Gasteiger partial charge in [0.15, 0.2) is 5.58 Å². The molecule has 0 saturated heterocycles. The van der Waals surface area contributed by atoms with Crippen molar-refractivity contribution in [1.29, 1.82) is 0 Å². The van der Waals surface area contributed by atoms with Gasteiger partial charge in [0.1, 0.15) is 16.7 Å². The molecule has 0 radical (unpaired) electrons. The van der Waals surface area contributed by atoms with Crippen LogP contribution in [0.15, 0.2) is 68.2 Å². The second-order valence-corrected chi connectivity index (χ2v) is 5.19. The van der Waals surface area contributed by atoms with E-state index < -0.39 is 5.63 Å². The summed E-state index contributed by atoms with van der Waals surface area (Å²) in [5.74, 6) is 0.630. The average Bonchev–Trinajstić information content (AvgIpc) is 2.95. The van der Waals surface area contributed by atoms with Crippen molar-refractivity contribution in [2.45, 2.75) is 0 Å². The van der Waals surface area contributed by atoms with E-state index in [1.807, 2.05) is 30.3 Å². The first kappa shape index (κ1) is 12.2. The monoisotopic (exact) mass is 296 g/mol. The molecule has 0 unspecified atom stereocenters. The molecule has 0 fully saturated rings. The Morgan fingerprint density at radius 1 is 0.857 bits per heavy atom. The Hall–Kier alpha value is -2.52. The average molecular weight is 297 g/mol. The van der Waals surface area contributed by atoms with Crippen molar-refractivity contribution in [3.63, 3.8) is 0 Å². The molecule has 0 bridgehead atoms. The van der Waals surface area contributed by atoms with E-state index >= 15 is 0 Å². The maximum atomic E-state index is 12.1. The second-order valence-electron chi connectivity index (χ2n) is 4.75.